The Morgan fingerprint density at radius 2 is 1.73 bits per heavy atom. The monoisotopic (exact) mass is 352 g/mol. The predicted octanol–water partition coefficient (Wildman–Crippen LogP) is 3.40. The van der Waals surface area contributed by atoms with E-state index in [9.17, 15) is 9.90 Å². The molecule has 0 aliphatic carbocycles. The average molecular weight is 352 g/mol. The van der Waals surface area contributed by atoms with Crippen LogP contribution in [0, 0.1) is 0 Å². The van der Waals surface area contributed by atoms with Crippen LogP contribution in [0.5, 0.6) is 0 Å². The van der Waals surface area contributed by atoms with Crippen molar-refractivity contribution in [2.45, 2.75) is 26.4 Å². The van der Waals surface area contributed by atoms with Gasteiger partial charge in [-0.05, 0) is 41.8 Å². The number of benzene rings is 2. The van der Waals surface area contributed by atoms with Crippen LogP contribution in [0.1, 0.15) is 35.7 Å². The van der Waals surface area contributed by atoms with Crippen LogP contribution in [0.2, 0.25) is 0 Å². The standard InChI is InChI=1S/C22H28N2O2/c1-2-3-11-23-12-14-24(15-13-23)22(26)21-6-4-5-20(16-21)19-9-7-18(17-25)8-10-19/h4-10,16,25H,2-3,11-15,17H2,1H3. The first-order chi connectivity index (χ1) is 12.7. The van der Waals surface area contributed by atoms with Crippen molar-refractivity contribution in [3.8, 4) is 11.1 Å². The summed E-state index contributed by atoms with van der Waals surface area (Å²) in [6.45, 7) is 6.93. The van der Waals surface area contributed by atoms with Gasteiger partial charge in [0.2, 0.25) is 0 Å². The average Bonchev–Trinajstić information content (AvgIpc) is 2.72. The van der Waals surface area contributed by atoms with Crippen LogP contribution in [0.25, 0.3) is 11.1 Å². The van der Waals surface area contributed by atoms with Crippen molar-refractivity contribution in [2.24, 2.45) is 0 Å². The van der Waals surface area contributed by atoms with Gasteiger partial charge in [-0.25, -0.2) is 0 Å². The molecule has 1 aliphatic heterocycles. The Balaban J connectivity index is 1.67. The maximum absolute atomic E-state index is 12.9. The van der Waals surface area contributed by atoms with Crippen molar-refractivity contribution in [3.63, 3.8) is 0 Å². The molecule has 0 spiro atoms. The zero-order chi connectivity index (χ0) is 18.4. The molecule has 1 amide bonds. The maximum atomic E-state index is 12.9. The topological polar surface area (TPSA) is 43.8 Å². The summed E-state index contributed by atoms with van der Waals surface area (Å²) in [5, 5.41) is 9.17. The molecule has 2 aromatic rings. The second kappa shape index (κ2) is 8.97. The van der Waals surface area contributed by atoms with Crippen molar-refractivity contribution in [1.82, 2.24) is 9.80 Å². The number of aliphatic hydroxyl groups excluding tert-OH is 1. The minimum absolute atomic E-state index is 0.0447. The van der Waals surface area contributed by atoms with Crippen molar-refractivity contribution >= 4 is 5.91 Å². The molecule has 0 atom stereocenters. The van der Waals surface area contributed by atoms with Gasteiger partial charge in [0.05, 0.1) is 6.61 Å². The number of aliphatic hydroxyl groups is 1. The SMILES string of the molecule is CCCCN1CCN(C(=O)c2cccc(-c3ccc(CO)cc3)c2)CC1. The molecule has 1 aliphatic rings. The lowest BCUT2D eigenvalue weighted by Gasteiger charge is -2.34. The van der Waals surface area contributed by atoms with Crippen LogP contribution in [0.4, 0.5) is 0 Å². The highest BCUT2D eigenvalue weighted by molar-refractivity contribution is 5.95. The van der Waals surface area contributed by atoms with Crippen LogP contribution < -0.4 is 0 Å². The first-order valence-corrected chi connectivity index (χ1v) is 9.53. The largest absolute Gasteiger partial charge is 0.392 e. The molecule has 4 heteroatoms. The Bertz CT molecular complexity index is 719. The molecule has 0 bridgehead atoms. The fourth-order valence-electron chi connectivity index (χ4n) is 3.37. The lowest BCUT2D eigenvalue weighted by molar-refractivity contribution is 0.0636. The molecule has 138 valence electrons. The van der Waals surface area contributed by atoms with Gasteiger partial charge in [0, 0.05) is 31.7 Å². The first kappa shape index (κ1) is 18.6. The molecule has 0 radical (unpaired) electrons. The van der Waals surface area contributed by atoms with Gasteiger partial charge in [-0.1, -0.05) is 49.7 Å². The molecule has 0 unspecified atom stereocenters. The summed E-state index contributed by atoms with van der Waals surface area (Å²) in [6, 6.07) is 15.6. The van der Waals surface area contributed by atoms with Gasteiger partial charge >= 0.3 is 0 Å². The number of carbonyl (C=O) groups excluding carboxylic acids is 1. The summed E-state index contributed by atoms with van der Waals surface area (Å²) < 4.78 is 0. The van der Waals surface area contributed by atoms with Crippen LogP contribution in [0.15, 0.2) is 48.5 Å². The summed E-state index contributed by atoms with van der Waals surface area (Å²) in [5.74, 6) is 0.119. The smallest absolute Gasteiger partial charge is 0.253 e. The van der Waals surface area contributed by atoms with E-state index in [0.717, 1.165) is 55.0 Å². The Morgan fingerprint density at radius 1 is 1.00 bits per heavy atom. The molecule has 1 fully saturated rings. The Labute approximate surface area is 156 Å². The number of nitrogens with zero attached hydrogens (tertiary/aromatic N) is 2. The third kappa shape index (κ3) is 4.51. The maximum Gasteiger partial charge on any atom is 0.253 e. The van der Waals surface area contributed by atoms with E-state index in [1.807, 2.05) is 53.4 Å². The van der Waals surface area contributed by atoms with E-state index in [-0.39, 0.29) is 12.5 Å². The third-order valence-corrected chi connectivity index (χ3v) is 5.07. The number of hydrogen-bond acceptors (Lipinski definition) is 3. The van der Waals surface area contributed by atoms with E-state index in [1.165, 1.54) is 12.8 Å². The second-order valence-electron chi connectivity index (χ2n) is 6.92. The minimum Gasteiger partial charge on any atom is -0.392 e. The zero-order valence-electron chi connectivity index (χ0n) is 15.5. The molecule has 3 rings (SSSR count). The Hall–Kier alpha value is -2.17. The molecule has 0 saturated carbocycles. The van der Waals surface area contributed by atoms with Crippen LogP contribution >= 0.6 is 0 Å². The van der Waals surface area contributed by atoms with Crippen molar-refractivity contribution in [2.75, 3.05) is 32.7 Å². The second-order valence-corrected chi connectivity index (χ2v) is 6.92. The van der Waals surface area contributed by atoms with Gasteiger partial charge in [0.25, 0.3) is 5.91 Å². The third-order valence-electron chi connectivity index (χ3n) is 5.07. The van der Waals surface area contributed by atoms with Gasteiger partial charge in [0.15, 0.2) is 0 Å². The van der Waals surface area contributed by atoms with Crippen molar-refractivity contribution < 1.29 is 9.90 Å². The fourth-order valence-corrected chi connectivity index (χ4v) is 3.37. The molecule has 2 aromatic carbocycles. The van der Waals surface area contributed by atoms with E-state index in [2.05, 4.69) is 11.8 Å². The van der Waals surface area contributed by atoms with Crippen LogP contribution in [-0.4, -0.2) is 53.5 Å². The summed E-state index contributed by atoms with van der Waals surface area (Å²) >= 11 is 0. The quantitative estimate of drug-likeness (QED) is 0.866. The van der Waals surface area contributed by atoms with E-state index in [0.29, 0.717) is 0 Å². The van der Waals surface area contributed by atoms with Gasteiger partial charge in [0.1, 0.15) is 0 Å². The zero-order valence-corrected chi connectivity index (χ0v) is 15.5. The lowest BCUT2D eigenvalue weighted by atomic mass is 10.0. The number of amides is 1. The molecule has 26 heavy (non-hydrogen) atoms. The van der Waals surface area contributed by atoms with Gasteiger partial charge in [-0.3, -0.25) is 9.69 Å². The summed E-state index contributed by atoms with van der Waals surface area (Å²) in [6.07, 6.45) is 2.44. The Morgan fingerprint density at radius 3 is 2.38 bits per heavy atom. The molecule has 1 saturated heterocycles. The molecule has 1 heterocycles. The highest BCUT2D eigenvalue weighted by Gasteiger charge is 2.21. The highest BCUT2D eigenvalue weighted by atomic mass is 16.3. The predicted molar refractivity (Wildman–Crippen MR) is 105 cm³/mol. The summed E-state index contributed by atoms with van der Waals surface area (Å²) in [7, 11) is 0. The van der Waals surface area contributed by atoms with E-state index in [1.54, 1.807) is 0 Å². The van der Waals surface area contributed by atoms with E-state index in [4.69, 9.17) is 0 Å². The van der Waals surface area contributed by atoms with Gasteiger partial charge in [-0.15, -0.1) is 0 Å². The first-order valence-electron chi connectivity index (χ1n) is 9.53. The molecule has 4 nitrogen and oxygen atoms in total. The molecular formula is C22H28N2O2. The molecular weight excluding hydrogens is 324 g/mol. The molecule has 1 N–H and O–H groups in total. The minimum atomic E-state index is 0.0447. The molecule has 0 aromatic heterocycles. The van der Waals surface area contributed by atoms with Gasteiger partial charge < -0.3 is 10.0 Å². The normalized spacial score (nSPS) is 15.2. The number of rotatable bonds is 6. The number of carbonyl (C=O) groups is 1. The highest BCUT2D eigenvalue weighted by Crippen LogP contribution is 2.22. The lowest BCUT2D eigenvalue weighted by Crippen LogP contribution is -2.48. The number of piperazine rings is 1. The summed E-state index contributed by atoms with van der Waals surface area (Å²) in [5.41, 5.74) is 3.72. The Kier molecular flexibility index (Phi) is 6.42. The van der Waals surface area contributed by atoms with Crippen LogP contribution in [-0.2, 0) is 6.61 Å². The summed E-state index contributed by atoms with van der Waals surface area (Å²) in [4.78, 5) is 17.3. The fraction of sp³-hybridized carbons (Fsp3) is 0.409. The van der Waals surface area contributed by atoms with E-state index < -0.39 is 0 Å². The van der Waals surface area contributed by atoms with Crippen molar-refractivity contribution in [3.05, 3.63) is 59.7 Å². The van der Waals surface area contributed by atoms with Crippen molar-refractivity contribution in [1.29, 1.82) is 0 Å². The number of hydrogen-bond donors (Lipinski definition) is 1. The van der Waals surface area contributed by atoms with E-state index >= 15 is 0 Å². The number of unbranched alkanes of at least 4 members (excludes halogenated alkanes) is 1. The van der Waals surface area contributed by atoms with Gasteiger partial charge in [-0.2, -0.15) is 0 Å². The van der Waals surface area contributed by atoms with Crippen LogP contribution in [0.3, 0.4) is 0 Å².